The number of benzene rings is 1. The Morgan fingerprint density at radius 2 is 2.00 bits per heavy atom. The zero-order valence-electron chi connectivity index (χ0n) is 16.4. The van der Waals surface area contributed by atoms with Crippen LogP contribution in [0.5, 0.6) is 0 Å². The molecule has 1 aliphatic rings. The van der Waals surface area contributed by atoms with Crippen LogP contribution >= 0.6 is 34.3 Å². The van der Waals surface area contributed by atoms with Gasteiger partial charge in [-0.3, -0.25) is 9.48 Å². The molecule has 0 saturated carbocycles. The van der Waals surface area contributed by atoms with Crippen LogP contribution in [0, 0.1) is 6.92 Å². The van der Waals surface area contributed by atoms with Crippen molar-refractivity contribution in [3.05, 3.63) is 63.1 Å². The number of hydrogen-bond donors (Lipinski definition) is 0. The molecule has 1 amide bonds. The number of hydrogen-bond acceptors (Lipinski definition) is 6. The molecule has 30 heavy (non-hydrogen) atoms. The van der Waals surface area contributed by atoms with Gasteiger partial charge in [0.25, 0.3) is 5.91 Å². The van der Waals surface area contributed by atoms with Crippen molar-refractivity contribution < 1.29 is 4.79 Å². The number of rotatable bonds is 4. The third-order valence-corrected chi connectivity index (χ3v) is 7.69. The molecule has 0 bridgehead atoms. The van der Waals surface area contributed by atoms with Gasteiger partial charge in [-0.15, -0.1) is 22.7 Å². The molecule has 9 heteroatoms. The van der Waals surface area contributed by atoms with Crippen LogP contribution in [-0.4, -0.2) is 51.8 Å². The van der Waals surface area contributed by atoms with Crippen LogP contribution in [-0.2, 0) is 6.54 Å². The van der Waals surface area contributed by atoms with E-state index in [9.17, 15) is 4.79 Å². The van der Waals surface area contributed by atoms with E-state index in [0.29, 0.717) is 19.6 Å². The van der Waals surface area contributed by atoms with Crippen LogP contribution in [0.15, 0.2) is 41.9 Å². The highest BCUT2D eigenvalue weighted by molar-refractivity contribution is 7.20. The molecule has 4 aromatic rings. The fourth-order valence-electron chi connectivity index (χ4n) is 3.74. The van der Waals surface area contributed by atoms with E-state index in [4.69, 9.17) is 11.6 Å². The highest BCUT2D eigenvalue weighted by Gasteiger charge is 2.25. The lowest BCUT2D eigenvalue weighted by molar-refractivity contribution is 0.0751. The van der Waals surface area contributed by atoms with Crippen LogP contribution in [0.4, 0.5) is 5.13 Å². The molecular weight excluding hydrogens is 438 g/mol. The number of thiazole rings is 1. The second-order valence-corrected chi connectivity index (χ2v) is 9.57. The number of amides is 1. The molecule has 1 aliphatic heterocycles. The molecule has 1 fully saturated rings. The molecule has 4 heterocycles. The molecule has 0 aliphatic carbocycles. The molecule has 0 radical (unpaired) electrons. The Balaban J connectivity index is 1.35. The van der Waals surface area contributed by atoms with Gasteiger partial charge >= 0.3 is 0 Å². The number of carbonyl (C=O) groups excluding carboxylic acids is 1. The monoisotopic (exact) mass is 457 g/mol. The van der Waals surface area contributed by atoms with Gasteiger partial charge in [0.1, 0.15) is 4.83 Å². The first-order valence-corrected chi connectivity index (χ1v) is 11.8. The van der Waals surface area contributed by atoms with Crippen molar-refractivity contribution in [1.29, 1.82) is 0 Å². The average molecular weight is 458 g/mol. The zero-order valence-corrected chi connectivity index (χ0v) is 18.8. The summed E-state index contributed by atoms with van der Waals surface area (Å²) in [7, 11) is 0. The Morgan fingerprint density at radius 3 is 2.73 bits per heavy atom. The number of thiophene rings is 1. The van der Waals surface area contributed by atoms with E-state index in [1.807, 2.05) is 58.4 Å². The van der Waals surface area contributed by atoms with Crippen molar-refractivity contribution in [2.75, 3.05) is 31.1 Å². The lowest BCUT2D eigenvalue weighted by Crippen LogP contribution is -2.48. The molecule has 0 atom stereocenters. The minimum atomic E-state index is 0.0960. The average Bonchev–Trinajstić information content (AvgIpc) is 3.49. The summed E-state index contributed by atoms with van der Waals surface area (Å²) in [5, 5.41) is 9.45. The summed E-state index contributed by atoms with van der Waals surface area (Å²) >= 11 is 9.48. The number of piperazine rings is 1. The van der Waals surface area contributed by atoms with Crippen LogP contribution in [0.1, 0.15) is 20.9 Å². The number of halogens is 1. The van der Waals surface area contributed by atoms with Crippen LogP contribution in [0.25, 0.3) is 10.2 Å². The van der Waals surface area contributed by atoms with Crippen molar-refractivity contribution in [2.24, 2.45) is 0 Å². The molecule has 1 saturated heterocycles. The fourth-order valence-corrected chi connectivity index (χ4v) is 5.76. The Kier molecular flexibility index (Phi) is 5.22. The van der Waals surface area contributed by atoms with E-state index in [2.05, 4.69) is 15.0 Å². The lowest BCUT2D eigenvalue weighted by atomic mass is 10.2. The predicted molar refractivity (Wildman–Crippen MR) is 123 cm³/mol. The van der Waals surface area contributed by atoms with E-state index >= 15 is 0 Å². The Bertz CT molecular complexity index is 1190. The fraction of sp³-hybridized carbons (Fsp3) is 0.286. The van der Waals surface area contributed by atoms with Gasteiger partial charge in [-0.25, -0.2) is 4.98 Å². The van der Waals surface area contributed by atoms with Crippen LogP contribution in [0.3, 0.4) is 0 Å². The second-order valence-electron chi connectivity index (χ2n) is 7.26. The first kappa shape index (κ1) is 19.5. The Morgan fingerprint density at radius 1 is 1.20 bits per heavy atom. The maximum atomic E-state index is 13.1. The maximum absolute atomic E-state index is 13.1. The minimum Gasteiger partial charge on any atom is -0.345 e. The second kappa shape index (κ2) is 8.02. The highest BCUT2D eigenvalue weighted by atomic mass is 35.5. The zero-order chi connectivity index (χ0) is 20.7. The third kappa shape index (κ3) is 3.59. The van der Waals surface area contributed by atoms with E-state index in [-0.39, 0.29) is 5.91 Å². The summed E-state index contributed by atoms with van der Waals surface area (Å²) < 4.78 is 1.95. The largest absolute Gasteiger partial charge is 0.345 e. The summed E-state index contributed by atoms with van der Waals surface area (Å²) in [6.07, 6.45) is 1.82. The molecule has 3 aromatic heterocycles. The predicted octanol–water partition coefficient (Wildman–Crippen LogP) is 4.53. The summed E-state index contributed by atoms with van der Waals surface area (Å²) in [5.41, 5.74) is 1.95. The topological polar surface area (TPSA) is 54.3 Å². The van der Waals surface area contributed by atoms with Crippen molar-refractivity contribution >= 4 is 55.5 Å². The van der Waals surface area contributed by atoms with Gasteiger partial charge in [-0.2, -0.15) is 5.10 Å². The summed E-state index contributed by atoms with van der Waals surface area (Å²) in [6, 6.07) is 9.78. The quantitative estimate of drug-likeness (QED) is 0.452. The van der Waals surface area contributed by atoms with Gasteiger partial charge in [-0.05, 0) is 24.6 Å². The van der Waals surface area contributed by atoms with E-state index in [0.717, 1.165) is 49.6 Å². The normalized spacial score (nSPS) is 14.6. The summed E-state index contributed by atoms with van der Waals surface area (Å²) in [5.74, 6) is 0.0960. The number of anilines is 1. The smallest absolute Gasteiger partial charge is 0.264 e. The number of nitrogens with zero attached hydrogens (tertiary/aromatic N) is 5. The van der Waals surface area contributed by atoms with Gasteiger partial charge in [0.2, 0.25) is 0 Å². The molecule has 0 N–H and O–H groups in total. The first-order valence-electron chi connectivity index (χ1n) is 9.74. The molecular formula is C21H20ClN5OS2. The maximum Gasteiger partial charge on any atom is 0.264 e. The Hall–Kier alpha value is -2.42. The first-order chi connectivity index (χ1) is 14.6. The summed E-state index contributed by atoms with van der Waals surface area (Å²) in [4.78, 5) is 23.5. The molecule has 5 rings (SSSR count). The highest BCUT2D eigenvalue weighted by Crippen LogP contribution is 2.31. The van der Waals surface area contributed by atoms with Crippen molar-refractivity contribution in [1.82, 2.24) is 19.7 Å². The van der Waals surface area contributed by atoms with E-state index in [1.54, 1.807) is 11.3 Å². The van der Waals surface area contributed by atoms with Gasteiger partial charge in [-0.1, -0.05) is 29.8 Å². The van der Waals surface area contributed by atoms with Crippen molar-refractivity contribution in [3.63, 3.8) is 0 Å². The van der Waals surface area contributed by atoms with Gasteiger partial charge < -0.3 is 9.80 Å². The van der Waals surface area contributed by atoms with Crippen molar-refractivity contribution in [3.8, 4) is 0 Å². The molecule has 1 aromatic carbocycles. The number of carbonyl (C=O) groups is 1. The molecule has 0 spiro atoms. The third-order valence-electron chi connectivity index (χ3n) is 5.35. The SMILES string of the molecule is Cc1nn(Cc2ccccc2Cl)c2sc(C(=O)N3CCN(c4nccs4)CC3)cc12. The number of aromatic nitrogens is 3. The Labute approximate surface area is 187 Å². The van der Waals surface area contributed by atoms with Crippen molar-refractivity contribution in [2.45, 2.75) is 13.5 Å². The number of fused-ring (bicyclic) bond motifs is 1. The minimum absolute atomic E-state index is 0.0960. The van der Waals surface area contributed by atoms with E-state index in [1.165, 1.54) is 11.3 Å². The number of aryl methyl sites for hydroxylation is 1. The van der Waals surface area contributed by atoms with E-state index < -0.39 is 0 Å². The molecule has 154 valence electrons. The lowest BCUT2D eigenvalue weighted by Gasteiger charge is -2.34. The molecule has 6 nitrogen and oxygen atoms in total. The summed E-state index contributed by atoms with van der Waals surface area (Å²) in [6.45, 7) is 5.60. The van der Waals surface area contributed by atoms with Crippen LogP contribution in [0.2, 0.25) is 5.02 Å². The van der Waals surface area contributed by atoms with Crippen LogP contribution < -0.4 is 4.90 Å². The van der Waals surface area contributed by atoms with Gasteiger partial charge in [0.05, 0.1) is 17.1 Å². The standard InChI is InChI=1S/C21H20ClN5OS2/c1-14-16-12-18(19(28)25-7-9-26(10-8-25)21-23-6-11-29-21)30-20(16)27(24-14)13-15-4-2-3-5-17(15)22/h2-6,11-12H,7-10,13H2,1H3. The van der Waals surface area contributed by atoms with Gasteiger partial charge in [0.15, 0.2) is 5.13 Å². The van der Waals surface area contributed by atoms with Gasteiger partial charge in [0, 0.05) is 48.2 Å². The molecule has 0 unspecified atom stereocenters.